The van der Waals surface area contributed by atoms with Gasteiger partial charge in [-0.25, -0.2) is 0 Å². The molecule has 1 aliphatic heterocycles. The zero-order valence-electron chi connectivity index (χ0n) is 13.7. The number of hydrogen-bond acceptors (Lipinski definition) is 3. The van der Waals surface area contributed by atoms with Gasteiger partial charge in [0.25, 0.3) is 0 Å². The number of nitrogens with zero attached hydrogens (tertiary/aromatic N) is 3. The van der Waals surface area contributed by atoms with Crippen molar-refractivity contribution in [1.29, 1.82) is 0 Å². The summed E-state index contributed by atoms with van der Waals surface area (Å²) in [6, 6.07) is 2.25. The fourth-order valence-corrected chi connectivity index (χ4v) is 3.00. The summed E-state index contributed by atoms with van der Waals surface area (Å²) in [5, 5.41) is 7.78. The van der Waals surface area contributed by atoms with Crippen molar-refractivity contribution >= 4 is 5.91 Å². The fourth-order valence-electron chi connectivity index (χ4n) is 3.00. The molecule has 0 unspecified atom stereocenters. The lowest BCUT2D eigenvalue weighted by Gasteiger charge is -2.33. The first-order chi connectivity index (χ1) is 9.97. The van der Waals surface area contributed by atoms with Gasteiger partial charge in [-0.2, -0.15) is 5.10 Å². The smallest absolute Gasteiger partial charge is 0.244 e. The van der Waals surface area contributed by atoms with Crippen LogP contribution < -0.4 is 5.32 Å². The Balaban J connectivity index is 1.99. The van der Waals surface area contributed by atoms with Crippen molar-refractivity contribution in [1.82, 2.24) is 20.0 Å². The molecule has 1 amide bonds. The third kappa shape index (κ3) is 4.30. The molecule has 0 aromatic carbocycles. The van der Waals surface area contributed by atoms with E-state index in [1.165, 1.54) is 0 Å². The van der Waals surface area contributed by atoms with Gasteiger partial charge in [-0.05, 0) is 65.6 Å². The minimum atomic E-state index is 0.176. The van der Waals surface area contributed by atoms with Crippen LogP contribution in [0.1, 0.15) is 38.1 Å². The molecule has 1 saturated heterocycles. The molecule has 0 atom stereocenters. The van der Waals surface area contributed by atoms with Crippen LogP contribution in [0, 0.1) is 19.8 Å². The zero-order chi connectivity index (χ0) is 15.4. The predicted octanol–water partition coefficient (Wildman–Crippen LogP) is 1.74. The predicted molar refractivity (Wildman–Crippen MR) is 84.1 cm³/mol. The Morgan fingerprint density at radius 1 is 1.43 bits per heavy atom. The summed E-state index contributed by atoms with van der Waals surface area (Å²) in [5.74, 6) is 0.799. The average Bonchev–Trinajstić information content (AvgIpc) is 2.75. The first kappa shape index (κ1) is 16.0. The van der Waals surface area contributed by atoms with E-state index >= 15 is 0 Å². The SMILES string of the molecule is Cc1cc(C)n(CC(=O)N(CC2CCNCC2)C(C)C)n1. The van der Waals surface area contributed by atoms with Gasteiger partial charge < -0.3 is 10.2 Å². The molecule has 1 N–H and O–H groups in total. The Hall–Kier alpha value is -1.36. The second-order valence-corrected chi connectivity index (χ2v) is 6.42. The van der Waals surface area contributed by atoms with Crippen LogP contribution >= 0.6 is 0 Å². The lowest BCUT2D eigenvalue weighted by molar-refractivity contribution is -0.134. The van der Waals surface area contributed by atoms with Gasteiger partial charge in [-0.3, -0.25) is 9.48 Å². The van der Waals surface area contributed by atoms with E-state index in [9.17, 15) is 4.79 Å². The standard InChI is InChI=1S/C16H28N4O/c1-12(2)19(10-15-5-7-17-8-6-15)16(21)11-20-14(4)9-13(3)18-20/h9,12,15,17H,5-8,10-11H2,1-4H3. The first-order valence-electron chi connectivity index (χ1n) is 7.98. The van der Waals surface area contributed by atoms with Gasteiger partial charge in [0.2, 0.25) is 5.91 Å². The number of piperidine rings is 1. The topological polar surface area (TPSA) is 50.2 Å². The Bertz CT molecular complexity index is 475. The molecule has 1 fully saturated rings. The van der Waals surface area contributed by atoms with Gasteiger partial charge in [-0.1, -0.05) is 0 Å². The number of amides is 1. The molecular formula is C16H28N4O. The fraction of sp³-hybridized carbons (Fsp3) is 0.750. The van der Waals surface area contributed by atoms with Gasteiger partial charge in [-0.15, -0.1) is 0 Å². The van der Waals surface area contributed by atoms with Crippen LogP contribution in [-0.4, -0.2) is 46.3 Å². The minimum absolute atomic E-state index is 0.176. The number of aromatic nitrogens is 2. The van der Waals surface area contributed by atoms with Crippen molar-refractivity contribution in [2.75, 3.05) is 19.6 Å². The van der Waals surface area contributed by atoms with E-state index in [-0.39, 0.29) is 11.9 Å². The van der Waals surface area contributed by atoms with Gasteiger partial charge in [0, 0.05) is 18.3 Å². The molecule has 5 heteroatoms. The third-order valence-corrected chi connectivity index (χ3v) is 4.25. The molecule has 2 heterocycles. The van der Waals surface area contributed by atoms with E-state index in [0.29, 0.717) is 12.5 Å². The largest absolute Gasteiger partial charge is 0.338 e. The van der Waals surface area contributed by atoms with Gasteiger partial charge >= 0.3 is 0 Å². The summed E-state index contributed by atoms with van der Waals surface area (Å²) in [6.45, 7) is 11.5. The molecule has 0 aliphatic carbocycles. The Labute approximate surface area is 127 Å². The summed E-state index contributed by atoms with van der Waals surface area (Å²) < 4.78 is 1.81. The highest BCUT2D eigenvalue weighted by atomic mass is 16.2. The van der Waals surface area contributed by atoms with Crippen LogP contribution in [0.3, 0.4) is 0 Å². The van der Waals surface area contributed by atoms with Crippen molar-refractivity contribution in [2.24, 2.45) is 5.92 Å². The maximum absolute atomic E-state index is 12.6. The summed E-state index contributed by atoms with van der Waals surface area (Å²) in [4.78, 5) is 14.7. The monoisotopic (exact) mass is 292 g/mol. The normalized spacial score (nSPS) is 16.4. The van der Waals surface area contributed by atoms with Crippen molar-refractivity contribution < 1.29 is 4.79 Å². The second kappa shape index (κ2) is 7.07. The van der Waals surface area contributed by atoms with Crippen LogP contribution in [0.5, 0.6) is 0 Å². The lowest BCUT2D eigenvalue weighted by Crippen LogP contribution is -2.44. The van der Waals surface area contributed by atoms with E-state index < -0.39 is 0 Å². The van der Waals surface area contributed by atoms with Crippen LogP contribution in [0.15, 0.2) is 6.07 Å². The van der Waals surface area contributed by atoms with Crippen LogP contribution in [0.2, 0.25) is 0 Å². The van der Waals surface area contributed by atoms with Gasteiger partial charge in [0.1, 0.15) is 6.54 Å². The van der Waals surface area contributed by atoms with Crippen LogP contribution in [0.4, 0.5) is 0 Å². The summed E-state index contributed by atoms with van der Waals surface area (Å²) in [6.07, 6.45) is 2.33. The molecule has 0 spiro atoms. The molecule has 118 valence electrons. The number of aryl methyl sites for hydroxylation is 2. The maximum atomic E-state index is 12.6. The van der Waals surface area contributed by atoms with E-state index in [1.54, 1.807) is 0 Å². The van der Waals surface area contributed by atoms with Crippen molar-refractivity contribution in [3.05, 3.63) is 17.5 Å². The molecule has 21 heavy (non-hydrogen) atoms. The van der Waals surface area contributed by atoms with Crippen molar-refractivity contribution in [3.63, 3.8) is 0 Å². The molecule has 0 radical (unpaired) electrons. The minimum Gasteiger partial charge on any atom is -0.338 e. The molecule has 5 nitrogen and oxygen atoms in total. The van der Waals surface area contributed by atoms with E-state index in [0.717, 1.165) is 43.9 Å². The van der Waals surface area contributed by atoms with Crippen LogP contribution in [0.25, 0.3) is 0 Å². The summed E-state index contributed by atoms with van der Waals surface area (Å²) in [5.41, 5.74) is 2.01. The number of hydrogen-bond donors (Lipinski definition) is 1. The third-order valence-electron chi connectivity index (χ3n) is 4.25. The molecule has 0 saturated carbocycles. The molecule has 1 aromatic rings. The highest BCUT2D eigenvalue weighted by Gasteiger charge is 2.23. The number of carbonyl (C=O) groups excluding carboxylic acids is 1. The average molecular weight is 292 g/mol. The maximum Gasteiger partial charge on any atom is 0.244 e. The van der Waals surface area contributed by atoms with Crippen LogP contribution in [-0.2, 0) is 11.3 Å². The number of carbonyl (C=O) groups is 1. The summed E-state index contributed by atoms with van der Waals surface area (Å²) >= 11 is 0. The van der Waals surface area contributed by atoms with E-state index in [2.05, 4.69) is 24.3 Å². The first-order valence-corrected chi connectivity index (χ1v) is 7.98. The number of rotatable bonds is 5. The number of nitrogens with one attached hydrogen (secondary N) is 1. The molecule has 1 aliphatic rings. The Morgan fingerprint density at radius 3 is 2.62 bits per heavy atom. The molecule has 1 aromatic heterocycles. The highest BCUT2D eigenvalue weighted by Crippen LogP contribution is 2.16. The van der Waals surface area contributed by atoms with E-state index in [4.69, 9.17) is 0 Å². The van der Waals surface area contributed by atoms with Gasteiger partial charge in [0.05, 0.1) is 5.69 Å². The van der Waals surface area contributed by atoms with Crippen molar-refractivity contribution in [3.8, 4) is 0 Å². The van der Waals surface area contributed by atoms with Gasteiger partial charge in [0.15, 0.2) is 0 Å². The summed E-state index contributed by atoms with van der Waals surface area (Å²) in [7, 11) is 0. The molecule has 2 rings (SSSR count). The Kier molecular flexibility index (Phi) is 5.39. The van der Waals surface area contributed by atoms with E-state index in [1.807, 2.05) is 29.5 Å². The Morgan fingerprint density at radius 2 is 2.10 bits per heavy atom. The van der Waals surface area contributed by atoms with Crippen molar-refractivity contribution in [2.45, 2.75) is 53.1 Å². The zero-order valence-corrected chi connectivity index (χ0v) is 13.7. The quantitative estimate of drug-likeness (QED) is 0.899. The molecular weight excluding hydrogens is 264 g/mol. The highest BCUT2D eigenvalue weighted by molar-refractivity contribution is 5.76. The molecule has 0 bridgehead atoms. The second-order valence-electron chi connectivity index (χ2n) is 6.42. The lowest BCUT2D eigenvalue weighted by atomic mass is 9.97.